The number of ether oxygens (including phenoxy) is 1. The molecule has 0 bridgehead atoms. The van der Waals surface area contributed by atoms with E-state index >= 15 is 0 Å². The molecule has 1 fully saturated rings. The molecule has 1 saturated heterocycles. The Balaban J connectivity index is 2.12. The maximum absolute atomic E-state index is 13.4. The van der Waals surface area contributed by atoms with Gasteiger partial charge in [-0.1, -0.05) is 23.7 Å². The Kier molecular flexibility index (Phi) is 6.78. The van der Waals surface area contributed by atoms with Gasteiger partial charge in [0.15, 0.2) is 0 Å². The second kappa shape index (κ2) is 9.09. The van der Waals surface area contributed by atoms with Gasteiger partial charge in [-0.15, -0.1) is 0 Å². The molecule has 0 spiro atoms. The minimum atomic E-state index is -0.326. The Labute approximate surface area is 170 Å². The number of aromatic hydroxyl groups is 1. The molecule has 0 saturated carbocycles. The normalized spacial score (nSPS) is 17.0. The van der Waals surface area contributed by atoms with Crippen molar-refractivity contribution >= 4 is 11.6 Å². The van der Waals surface area contributed by atoms with Crippen molar-refractivity contribution in [1.82, 2.24) is 14.4 Å². The highest BCUT2D eigenvalue weighted by Gasteiger charge is 2.30. The zero-order valence-corrected chi connectivity index (χ0v) is 17.4. The van der Waals surface area contributed by atoms with E-state index in [-0.39, 0.29) is 17.4 Å². The molecular formula is C21H28ClN3O3. The average molecular weight is 406 g/mol. The summed E-state index contributed by atoms with van der Waals surface area (Å²) in [5.41, 5.74) is 1.90. The van der Waals surface area contributed by atoms with Gasteiger partial charge in [0.2, 0.25) is 0 Å². The molecule has 1 aliphatic rings. The lowest BCUT2D eigenvalue weighted by Crippen LogP contribution is -2.47. The predicted molar refractivity (Wildman–Crippen MR) is 111 cm³/mol. The lowest BCUT2D eigenvalue weighted by atomic mass is 9.96. The maximum Gasteiger partial charge on any atom is 0.259 e. The number of aryl methyl sites for hydroxylation is 1. The Morgan fingerprint density at radius 3 is 2.43 bits per heavy atom. The molecule has 6 nitrogen and oxygen atoms in total. The van der Waals surface area contributed by atoms with E-state index < -0.39 is 0 Å². The van der Waals surface area contributed by atoms with Crippen molar-refractivity contribution in [3.05, 3.63) is 62.5 Å². The van der Waals surface area contributed by atoms with Crippen molar-refractivity contribution in [2.45, 2.75) is 19.5 Å². The van der Waals surface area contributed by atoms with Gasteiger partial charge in [-0.3, -0.25) is 9.69 Å². The van der Waals surface area contributed by atoms with E-state index in [1.165, 1.54) is 0 Å². The van der Waals surface area contributed by atoms with Crippen LogP contribution in [0, 0.1) is 6.92 Å². The Morgan fingerprint density at radius 1 is 1.18 bits per heavy atom. The van der Waals surface area contributed by atoms with Crippen LogP contribution >= 0.6 is 11.6 Å². The number of nitrogens with zero attached hydrogens (tertiary/aromatic N) is 3. The first kappa shape index (κ1) is 20.9. The van der Waals surface area contributed by atoms with Crippen molar-refractivity contribution in [1.29, 1.82) is 0 Å². The molecule has 7 heteroatoms. The minimum absolute atomic E-state index is 0.0371. The number of rotatable bonds is 6. The topological polar surface area (TPSA) is 57.9 Å². The zero-order valence-electron chi connectivity index (χ0n) is 16.7. The van der Waals surface area contributed by atoms with E-state index in [0.29, 0.717) is 23.7 Å². The first-order valence-electron chi connectivity index (χ1n) is 9.52. The van der Waals surface area contributed by atoms with Crippen LogP contribution < -0.4 is 5.56 Å². The molecule has 0 amide bonds. The lowest BCUT2D eigenvalue weighted by molar-refractivity contribution is 0.125. The standard InChI is InChI=1S/C21H28ClN3O3/c1-15-14-18(26)19(21(27)25(15)12-13-28-3)20(16-4-6-17(22)7-5-16)24-10-8-23(2)9-11-24/h4-7,14,20,26H,8-13H2,1-3H3. The summed E-state index contributed by atoms with van der Waals surface area (Å²) in [7, 11) is 3.71. The van der Waals surface area contributed by atoms with Crippen LogP contribution in [0.15, 0.2) is 35.1 Å². The summed E-state index contributed by atoms with van der Waals surface area (Å²) < 4.78 is 6.84. The fourth-order valence-electron chi connectivity index (χ4n) is 3.77. The molecule has 1 atom stereocenters. The van der Waals surface area contributed by atoms with Gasteiger partial charge >= 0.3 is 0 Å². The summed E-state index contributed by atoms with van der Waals surface area (Å²) in [6.45, 7) is 6.16. The van der Waals surface area contributed by atoms with Crippen molar-refractivity contribution in [3.63, 3.8) is 0 Å². The second-order valence-electron chi connectivity index (χ2n) is 7.33. The number of aromatic nitrogens is 1. The van der Waals surface area contributed by atoms with Gasteiger partial charge < -0.3 is 19.3 Å². The molecule has 1 aromatic heterocycles. The molecule has 1 N–H and O–H groups in total. The van der Waals surface area contributed by atoms with Gasteiger partial charge in [0, 0.05) is 50.6 Å². The fraction of sp³-hybridized carbons (Fsp3) is 0.476. The molecule has 1 unspecified atom stereocenters. The van der Waals surface area contributed by atoms with Gasteiger partial charge in [-0.25, -0.2) is 0 Å². The highest BCUT2D eigenvalue weighted by Crippen LogP contribution is 2.33. The van der Waals surface area contributed by atoms with E-state index in [2.05, 4.69) is 16.8 Å². The van der Waals surface area contributed by atoms with Gasteiger partial charge in [-0.05, 0) is 37.7 Å². The predicted octanol–water partition coefficient (Wildman–Crippen LogP) is 2.50. The first-order chi connectivity index (χ1) is 13.4. The summed E-state index contributed by atoms with van der Waals surface area (Å²) in [5, 5.41) is 11.4. The van der Waals surface area contributed by atoms with Crippen molar-refractivity contribution in [3.8, 4) is 5.75 Å². The lowest BCUT2D eigenvalue weighted by Gasteiger charge is -2.38. The Bertz CT molecular complexity index is 858. The summed E-state index contributed by atoms with van der Waals surface area (Å²) in [6, 6.07) is 8.87. The van der Waals surface area contributed by atoms with Crippen LogP contribution in [-0.4, -0.2) is 66.4 Å². The van der Waals surface area contributed by atoms with Gasteiger partial charge in [0.25, 0.3) is 5.56 Å². The number of halogens is 1. The van der Waals surface area contributed by atoms with Crippen LogP contribution in [-0.2, 0) is 11.3 Å². The highest BCUT2D eigenvalue weighted by molar-refractivity contribution is 6.30. The number of piperazine rings is 1. The third-order valence-electron chi connectivity index (χ3n) is 5.40. The smallest absolute Gasteiger partial charge is 0.259 e. The first-order valence-corrected chi connectivity index (χ1v) is 9.90. The largest absolute Gasteiger partial charge is 0.507 e. The van der Waals surface area contributed by atoms with E-state index in [0.717, 1.165) is 37.4 Å². The van der Waals surface area contributed by atoms with E-state index in [1.54, 1.807) is 17.7 Å². The molecule has 28 heavy (non-hydrogen) atoms. The quantitative estimate of drug-likeness (QED) is 0.800. The number of likely N-dealkylation sites (N-methyl/N-ethyl adjacent to an activating group) is 1. The van der Waals surface area contributed by atoms with E-state index in [1.807, 2.05) is 31.2 Å². The van der Waals surface area contributed by atoms with Crippen LogP contribution in [0.1, 0.15) is 22.9 Å². The molecule has 1 aromatic carbocycles. The van der Waals surface area contributed by atoms with Crippen molar-refractivity contribution in [2.24, 2.45) is 0 Å². The fourth-order valence-corrected chi connectivity index (χ4v) is 3.90. The number of pyridine rings is 1. The Hall–Kier alpha value is -1.86. The minimum Gasteiger partial charge on any atom is -0.507 e. The molecule has 152 valence electrons. The number of benzene rings is 1. The maximum atomic E-state index is 13.4. The molecule has 0 radical (unpaired) electrons. The molecule has 1 aliphatic heterocycles. The van der Waals surface area contributed by atoms with Gasteiger partial charge in [-0.2, -0.15) is 0 Å². The second-order valence-corrected chi connectivity index (χ2v) is 7.76. The van der Waals surface area contributed by atoms with E-state index in [9.17, 15) is 9.90 Å². The summed E-state index contributed by atoms with van der Waals surface area (Å²) in [5.74, 6) is 0.0371. The molecule has 2 heterocycles. The molecule has 2 aromatic rings. The van der Waals surface area contributed by atoms with Crippen LogP contribution in [0.5, 0.6) is 5.75 Å². The molecule has 0 aliphatic carbocycles. The SMILES string of the molecule is COCCn1c(C)cc(O)c(C(c2ccc(Cl)cc2)N2CCN(C)CC2)c1=O. The van der Waals surface area contributed by atoms with Gasteiger partial charge in [0.1, 0.15) is 5.75 Å². The Morgan fingerprint density at radius 2 is 1.82 bits per heavy atom. The van der Waals surface area contributed by atoms with Crippen molar-refractivity contribution in [2.75, 3.05) is 46.9 Å². The number of hydrogen-bond donors (Lipinski definition) is 1. The summed E-state index contributed by atoms with van der Waals surface area (Å²) >= 11 is 6.08. The van der Waals surface area contributed by atoms with Crippen LogP contribution in [0.4, 0.5) is 0 Å². The zero-order chi connectivity index (χ0) is 20.3. The van der Waals surface area contributed by atoms with Crippen LogP contribution in [0.25, 0.3) is 0 Å². The van der Waals surface area contributed by atoms with Crippen LogP contribution in [0.2, 0.25) is 5.02 Å². The average Bonchev–Trinajstić information content (AvgIpc) is 2.67. The third-order valence-corrected chi connectivity index (χ3v) is 5.66. The number of methoxy groups -OCH3 is 1. The monoisotopic (exact) mass is 405 g/mol. The summed E-state index contributed by atoms with van der Waals surface area (Å²) in [4.78, 5) is 17.9. The van der Waals surface area contributed by atoms with Gasteiger partial charge in [0.05, 0.1) is 18.2 Å². The highest BCUT2D eigenvalue weighted by atomic mass is 35.5. The van der Waals surface area contributed by atoms with E-state index in [4.69, 9.17) is 16.3 Å². The number of hydrogen-bond acceptors (Lipinski definition) is 5. The summed E-state index contributed by atoms with van der Waals surface area (Å²) in [6.07, 6.45) is 0. The van der Waals surface area contributed by atoms with Crippen molar-refractivity contribution < 1.29 is 9.84 Å². The third kappa shape index (κ3) is 4.41. The molecular weight excluding hydrogens is 378 g/mol. The molecule has 3 rings (SSSR count). The van der Waals surface area contributed by atoms with Crippen LogP contribution in [0.3, 0.4) is 0 Å².